The van der Waals surface area contributed by atoms with Gasteiger partial charge in [0.15, 0.2) is 11.5 Å². The van der Waals surface area contributed by atoms with Crippen LogP contribution in [0.3, 0.4) is 0 Å². The van der Waals surface area contributed by atoms with E-state index in [1.54, 1.807) is 18.2 Å². The van der Waals surface area contributed by atoms with E-state index in [1.807, 2.05) is 26.0 Å². The third-order valence-corrected chi connectivity index (χ3v) is 4.83. The summed E-state index contributed by atoms with van der Waals surface area (Å²) in [7, 11) is 0. The molecule has 2 aliphatic rings. The monoisotopic (exact) mass is 395 g/mol. The Morgan fingerprint density at radius 1 is 1.10 bits per heavy atom. The lowest BCUT2D eigenvalue weighted by Crippen LogP contribution is -2.36. The standard InChI is InChI=1S/C22H25N3O4/c1-14-8-15(2)10-17(9-14)24-22(23-12-18-4-3-7-27-18)25-21(26)16-5-6-19-20(11-16)29-13-28-19/h5-6,8-11,18H,3-4,7,12-13H2,1-2H3,(H2,23,24,25,26). The van der Waals surface area contributed by atoms with E-state index in [0.29, 0.717) is 29.6 Å². The van der Waals surface area contributed by atoms with Crippen molar-refractivity contribution in [2.24, 2.45) is 4.99 Å². The quantitative estimate of drug-likeness (QED) is 0.613. The summed E-state index contributed by atoms with van der Waals surface area (Å²) >= 11 is 0. The lowest BCUT2D eigenvalue weighted by Gasteiger charge is -2.14. The van der Waals surface area contributed by atoms with Crippen LogP contribution in [0.2, 0.25) is 0 Å². The molecule has 7 nitrogen and oxygen atoms in total. The third-order valence-electron chi connectivity index (χ3n) is 4.83. The Kier molecular flexibility index (Phi) is 5.67. The molecular weight excluding hydrogens is 370 g/mol. The number of aliphatic imine (C=N–C) groups is 1. The van der Waals surface area contributed by atoms with E-state index in [4.69, 9.17) is 14.2 Å². The number of ether oxygens (including phenoxy) is 3. The van der Waals surface area contributed by atoms with Crippen LogP contribution in [0.25, 0.3) is 0 Å². The lowest BCUT2D eigenvalue weighted by atomic mass is 10.1. The van der Waals surface area contributed by atoms with Crippen LogP contribution < -0.4 is 20.1 Å². The molecule has 0 bridgehead atoms. The number of hydrogen-bond donors (Lipinski definition) is 2. The molecule has 4 rings (SSSR count). The SMILES string of the molecule is Cc1cc(C)cc(NC(=NCC2CCCO2)NC(=O)c2ccc3c(c2)OCO3)c1. The van der Waals surface area contributed by atoms with E-state index >= 15 is 0 Å². The van der Waals surface area contributed by atoms with E-state index in [0.717, 1.165) is 36.3 Å². The molecule has 1 amide bonds. The van der Waals surface area contributed by atoms with Gasteiger partial charge in [-0.1, -0.05) is 6.07 Å². The number of amides is 1. The minimum Gasteiger partial charge on any atom is -0.454 e. The zero-order chi connectivity index (χ0) is 20.2. The molecule has 29 heavy (non-hydrogen) atoms. The Morgan fingerprint density at radius 2 is 1.90 bits per heavy atom. The van der Waals surface area contributed by atoms with Crippen molar-refractivity contribution in [3.8, 4) is 11.5 Å². The fraction of sp³-hybridized carbons (Fsp3) is 0.364. The highest BCUT2D eigenvalue weighted by Crippen LogP contribution is 2.32. The number of aryl methyl sites for hydroxylation is 2. The first-order chi connectivity index (χ1) is 14.1. The lowest BCUT2D eigenvalue weighted by molar-refractivity contribution is 0.0975. The van der Waals surface area contributed by atoms with Gasteiger partial charge in [-0.05, 0) is 68.1 Å². The number of nitrogens with one attached hydrogen (secondary N) is 2. The van der Waals surface area contributed by atoms with Gasteiger partial charge in [-0.2, -0.15) is 0 Å². The van der Waals surface area contributed by atoms with Crippen LogP contribution in [-0.2, 0) is 4.74 Å². The second-order valence-corrected chi connectivity index (χ2v) is 7.35. The summed E-state index contributed by atoms with van der Waals surface area (Å²) in [6.07, 6.45) is 2.12. The van der Waals surface area contributed by atoms with Crippen LogP contribution in [0.5, 0.6) is 11.5 Å². The number of guanidine groups is 1. The predicted molar refractivity (Wildman–Crippen MR) is 111 cm³/mol. The van der Waals surface area contributed by atoms with E-state index in [-0.39, 0.29) is 18.8 Å². The first-order valence-electron chi connectivity index (χ1n) is 9.79. The van der Waals surface area contributed by atoms with Crippen LogP contribution in [-0.4, -0.2) is 37.9 Å². The van der Waals surface area contributed by atoms with Gasteiger partial charge in [-0.15, -0.1) is 0 Å². The molecule has 7 heteroatoms. The van der Waals surface area contributed by atoms with Gasteiger partial charge in [0, 0.05) is 17.9 Å². The number of benzene rings is 2. The highest BCUT2D eigenvalue weighted by Gasteiger charge is 2.18. The average Bonchev–Trinajstić information content (AvgIpc) is 3.36. The van der Waals surface area contributed by atoms with Gasteiger partial charge in [0.25, 0.3) is 5.91 Å². The minimum absolute atomic E-state index is 0.0912. The fourth-order valence-corrected chi connectivity index (χ4v) is 3.49. The van der Waals surface area contributed by atoms with Crippen molar-refractivity contribution >= 4 is 17.6 Å². The zero-order valence-electron chi connectivity index (χ0n) is 16.7. The van der Waals surface area contributed by atoms with Gasteiger partial charge >= 0.3 is 0 Å². The first-order valence-corrected chi connectivity index (χ1v) is 9.79. The molecule has 2 heterocycles. The van der Waals surface area contributed by atoms with Gasteiger partial charge in [0.05, 0.1) is 12.6 Å². The van der Waals surface area contributed by atoms with E-state index < -0.39 is 0 Å². The number of hydrogen-bond acceptors (Lipinski definition) is 5. The highest BCUT2D eigenvalue weighted by molar-refractivity contribution is 6.10. The molecule has 152 valence electrons. The summed E-state index contributed by atoms with van der Waals surface area (Å²) in [6, 6.07) is 11.2. The van der Waals surface area contributed by atoms with Crippen LogP contribution in [0, 0.1) is 13.8 Å². The van der Waals surface area contributed by atoms with Gasteiger partial charge in [-0.3, -0.25) is 10.1 Å². The van der Waals surface area contributed by atoms with E-state index in [2.05, 4.69) is 21.7 Å². The van der Waals surface area contributed by atoms with Gasteiger partial charge < -0.3 is 19.5 Å². The van der Waals surface area contributed by atoms with Crippen LogP contribution in [0.15, 0.2) is 41.4 Å². The number of rotatable bonds is 4. The van der Waals surface area contributed by atoms with Crippen LogP contribution in [0.1, 0.15) is 34.3 Å². The molecule has 0 aromatic heterocycles. The fourth-order valence-electron chi connectivity index (χ4n) is 3.49. The van der Waals surface area contributed by atoms with Crippen molar-refractivity contribution in [3.63, 3.8) is 0 Å². The second-order valence-electron chi connectivity index (χ2n) is 7.35. The second kappa shape index (κ2) is 8.53. The smallest absolute Gasteiger partial charge is 0.258 e. The normalized spacial score (nSPS) is 18.0. The molecule has 0 spiro atoms. The van der Waals surface area contributed by atoms with Crippen molar-refractivity contribution in [3.05, 3.63) is 53.1 Å². The molecule has 0 saturated carbocycles. The molecule has 0 radical (unpaired) electrons. The van der Waals surface area contributed by atoms with Crippen molar-refractivity contribution < 1.29 is 19.0 Å². The Morgan fingerprint density at radius 3 is 2.66 bits per heavy atom. The molecule has 2 aromatic rings. The number of nitrogens with zero attached hydrogens (tertiary/aromatic N) is 1. The largest absolute Gasteiger partial charge is 0.454 e. The van der Waals surface area contributed by atoms with E-state index in [9.17, 15) is 4.79 Å². The molecule has 1 atom stereocenters. The summed E-state index contributed by atoms with van der Waals surface area (Å²) in [5.74, 6) is 1.33. The molecule has 1 fully saturated rings. The predicted octanol–water partition coefficient (Wildman–Crippen LogP) is 3.41. The third kappa shape index (κ3) is 4.86. The maximum Gasteiger partial charge on any atom is 0.258 e. The first kappa shape index (κ1) is 19.3. The molecule has 0 aliphatic carbocycles. The Hall–Kier alpha value is -3.06. The zero-order valence-corrected chi connectivity index (χ0v) is 16.7. The van der Waals surface area contributed by atoms with E-state index in [1.165, 1.54) is 0 Å². The Bertz CT molecular complexity index is 915. The Balaban J connectivity index is 1.52. The van der Waals surface area contributed by atoms with Crippen LogP contribution >= 0.6 is 0 Å². The topological polar surface area (TPSA) is 81.2 Å². The molecule has 2 N–H and O–H groups in total. The van der Waals surface area contributed by atoms with Crippen molar-refractivity contribution in [2.75, 3.05) is 25.3 Å². The molecule has 1 saturated heterocycles. The van der Waals surface area contributed by atoms with Crippen LogP contribution in [0.4, 0.5) is 5.69 Å². The number of anilines is 1. The summed E-state index contributed by atoms with van der Waals surface area (Å²) in [6.45, 7) is 5.50. The molecular formula is C22H25N3O4. The average molecular weight is 395 g/mol. The van der Waals surface area contributed by atoms with Crippen molar-refractivity contribution in [2.45, 2.75) is 32.8 Å². The van der Waals surface area contributed by atoms with Gasteiger partial charge in [0.2, 0.25) is 12.8 Å². The minimum atomic E-state index is -0.272. The van der Waals surface area contributed by atoms with Crippen molar-refractivity contribution in [1.29, 1.82) is 0 Å². The Labute approximate surface area is 170 Å². The number of carbonyl (C=O) groups excluding carboxylic acids is 1. The maximum absolute atomic E-state index is 12.8. The summed E-state index contributed by atoms with van der Waals surface area (Å²) < 4.78 is 16.3. The molecule has 1 unspecified atom stereocenters. The van der Waals surface area contributed by atoms with Gasteiger partial charge in [0.1, 0.15) is 0 Å². The summed E-state index contributed by atoms with van der Waals surface area (Å²) in [5, 5.41) is 6.13. The summed E-state index contributed by atoms with van der Waals surface area (Å²) in [4.78, 5) is 17.4. The number of carbonyl (C=O) groups is 1. The van der Waals surface area contributed by atoms with Crippen molar-refractivity contribution in [1.82, 2.24) is 5.32 Å². The van der Waals surface area contributed by atoms with Gasteiger partial charge in [-0.25, -0.2) is 4.99 Å². The molecule has 2 aromatic carbocycles. The highest BCUT2D eigenvalue weighted by atomic mass is 16.7. The molecule has 2 aliphatic heterocycles. The summed E-state index contributed by atoms with van der Waals surface area (Å²) in [5.41, 5.74) is 3.61. The number of fused-ring (bicyclic) bond motifs is 1. The maximum atomic E-state index is 12.8.